The number of nitrogens with two attached hydrogens (primary N) is 1. The van der Waals surface area contributed by atoms with Crippen molar-refractivity contribution < 1.29 is 278 Å². The van der Waals surface area contributed by atoms with E-state index < -0.39 is 410 Å². The average molecular weight is 1840 g/mol. The Hall–Kier alpha value is -2.28. The highest BCUT2D eigenvalue weighted by molar-refractivity contribution is 5.04. The molecule has 11 aliphatic heterocycles. The molecule has 0 aromatic carbocycles. The Morgan fingerprint density at radius 1 is 0.160 bits per heavy atom. The molecule has 11 rings (SSSR count). The van der Waals surface area contributed by atoms with Gasteiger partial charge >= 0.3 is 0 Å². The molecule has 0 aromatic heterocycles. The van der Waals surface area contributed by atoms with Gasteiger partial charge in [-0.2, -0.15) is 0 Å². The number of hydrogen-bond donors (Lipinski definition) is 35. The van der Waals surface area contributed by atoms with Gasteiger partial charge in [0, 0.05) is 6.54 Å². The summed E-state index contributed by atoms with van der Waals surface area (Å²) in [5.41, 5.74) is 5.53. The molecule has 125 heavy (non-hydrogen) atoms. The van der Waals surface area contributed by atoms with E-state index in [1.165, 1.54) is 0 Å². The number of hydrogen-bond acceptors (Lipinski definition) is 57. The topological polar surface area (TPSA) is 917 Å². The zero-order valence-corrected chi connectivity index (χ0v) is 65.7. The van der Waals surface area contributed by atoms with E-state index >= 15 is 0 Å². The van der Waals surface area contributed by atoms with Gasteiger partial charge in [0.25, 0.3) is 0 Å². The Morgan fingerprint density at radius 2 is 0.304 bits per heavy atom. The second-order valence-electron chi connectivity index (χ2n) is 31.5. The van der Waals surface area contributed by atoms with Crippen LogP contribution in [0.1, 0.15) is 0 Å². The summed E-state index contributed by atoms with van der Waals surface area (Å²) in [4.78, 5) is 0. The van der Waals surface area contributed by atoms with Crippen LogP contribution in [0.15, 0.2) is 0 Å². The Morgan fingerprint density at radius 3 is 0.488 bits per heavy atom. The fourth-order valence-corrected chi connectivity index (χ4v) is 16.1. The van der Waals surface area contributed by atoms with Crippen molar-refractivity contribution in [1.82, 2.24) is 0 Å². The van der Waals surface area contributed by atoms with E-state index in [2.05, 4.69) is 0 Å². The standard InChI is InChI=1S/C68H117NO56/c69-1-2-104-58-40(95)49(27(82)16(5-72)106-58)119-62-43(98)52(30(85)19(8-75)110-62)121-64-45(100)54(32(87)21(10-77)112-64)122-66-47(102)56(34(89)23(12-79)114-66)124-68-48(103)57(35(90)24(116-68)13-105-59-41(96)50(28(83)17(6-73)107-59)117-60-38(93)36(91)25(80)14(3-70)108-60)125-67-46(101)55(33(88)22(11-78)115-67)123-65-44(99)53(31(86)20(9-76)113-65)120-63-42(97)51(29(84)18(7-74)111-63)118-61-39(94)37(92)26(81)15(4-71)109-61/h14-68,70-103H,1-13,69H2/t14-,15-,16-,17-,18-,19-,20-,21-,22-,23-,24-,25-,26-,27-,28-,29-,30-,31-,32-,33-,34-,35-,36+,37+,38-,39-,40-,41-,42-,43-,44-,45-,46-,47-,48-,49+,50+,51+,52+,53+,54+,55+,56+,57+,58-,59-,60+,61+,62+,63+,64+,65+,66+,67+,68+/m1/s1. The maximum Gasteiger partial charge on any atom is 0.187 e. The number of aliphatic hydroxyl groups excluding tert-OH is 34. The maximum absolute atomic E-state index is 12.5. The van der Waals surface area contributed by atoms with Crippen molar-refractivity contribution in [2.24, 2.45) is 5.73 Å². The van der Waals surface area contributed by atoms with Gasteiger partial charge in [0.1, 0.15) is 269 Å². The minimum absolute atomic E-state index is 0.0969. The van der Waals surface area contributed by atoms with Gasteiger partial charge in [0.15, 0.2) is 69.2 Å². The third kappa shape index (κ3) is 21.8. The first-order chi connectivity index (χ1) is 59.4. The van der Waals surface area contributed by atoms with E-state index in [1.807, 2.05) is 0 Å². The lowest BCUT2D eigenvalue weighted by atomic mass is 9.94. The van der Waals surface area contributed by atoms with E-state index in [0.717, 1.165) is 0 Å². The first kappa shape index (κ1) is 103. The van der Waals surface area contributed by atoms with Gasteiger partial charge in [-0.3, -0.25) is 0 Å². The van der Waals surface area contributed by atoms with Gasteiger partial charge in [0.05, 0.1) is 79.3 Å². The normalized spacial score (nSPS) is 52.8. The molecule has 11 fully saturated rings. The molecule has 0 saturated carbocycles. The van der Waals surface area contributed by atoms with Crippen LogP contribution in [-0.4, -0.2) is 597 Å². The zero-order chi connectivity index (χ0) is 91.5. The summed E-state index contributed by atoms with van der Waals surface area (Å²) < 4.78 is 126. The van der Waals surface area contributed by atoms with Gasteiger partial charge in [-0.05, 0) is 0 Å². The summed E-state index contributed by atoms with van der Waals surface area (Å²) in [5, 5.41) is 378. The van der Waals surface area contributed by atoms with Crippen molar-refractivity contribution in [3.63, 3.8) is 0 Å². The Bertz CT molecular complexity index is 3190. The van der Waals surface area contributed by atoms with Crippen molar-refractivity contribution in [2.75, 3.05) is 85.8 Å². The molecule has 11 heterocycles. The molecule has 55 atom stereocenters. The van der Waals surface area contributed by atoms with Crippen LogP contribution in [0.2, 0.25) is 0 Å². The van der Waals surface area contributed by atoms with Crippen LogP contribution in [0.5, 0.6) is 0 Å². The molecule has 0 aromatic rings. The van der Waals surface area contributed by atoms with Crippen LogP contribution >= 0.6 is 0 Å². The first-order valence-corrected chi connectivity index (χ1v) is 39.9. The summed E-state index contributed by atoms with van der Waals surface area (Å²) in [6, 6.07) is 0. The molecule has 57 nitrogen and oxygen atoms in total. The van der Waals surface area contributed by atoms with Crippen LogP contribution in [-0.2, 0) is 104 Å². The molecule has 11 saturated heterocycles. The molecule has 730 valence electrons. The Kier molecular flexibility index (Phi) is 37.5. The molecular weight excluding hydrogens is 1730 g/mol. The summed E-state index contributed by atoms with van der Waals surface area (Å²) in [5.74, 6) is 0. The minimum atomic E-state index is -2.66. The van der Waals surface area contributed by atoms with Crippen LogP contribution in [0, 0.1) is 0 Å². The van der Waals surface area contributed by atoms with Crippen LogP contribution < -0.4 is 5.73 Å². The monoisotopic (exact) mass is 1840 g/mol. The number of ether oxygens (including phenoxy) is 22. The predicted molar refractivity (Wildman–Crippen MR) is 375 cm³/mol. The fourth-order valence-electron chi connectivity index (χ4n) is 16.1. The number of aliphatic hydroxyl groups is 34. The second-order valence-corrected chi connectivity index (χ2v) is 31.5. The van der Waals surface area contributed by atoms with Crippen molar-refractivity contribution in [1.29, 1.82) is 0 Å². The quantitative estimate of drug-likeness (QED) is 0.0284. The van der Waals surface area contributed by atoms with Crippen molar-refractivity contribution in [3.05, 3.63) is 0 Å². The molecule has 0 spiro atoms. The van der Waals surface area contributed by atoms with E-state index in [9.17, 15) is 174 Å². The Labute approximate surface area is 705 Å². The zero-order valence-electron chi connectivity index (χ0n) is 65.7. The molecule has 0 aliphatic carbocycles. The third-order valence-electron chi connectivity index (χ3n) is 23.4. The summed E-state index contributed by atoms with van der Waals surface area (Å²) in [7, 11) is 0. The fraction of sp³-hybridized carbons (Fsp3) is 1.00. The molecule has 0 radical (unpaired) electrons. The highest BCUT2D eigenvalue weighted by Gasteiger charge is 2.62. The van der Waals surface area contributed by atoms with Gasteiger partial charge in [-0.1, -0.05) is 0 Å². The number of rotatable bonds is 34. The van der Waals surface area contributed by atoms with E-state index in [0.29, 0.717) is 0 Å². The third-order valence-corrected chi connectivity index (χ3v) is 23.4. The lowest BCUT2D eigenvalue weighted by Crippen LogP contribution is -2.69. The highest BCUT2D eigenvalue weighted by atomic mass is 16.8. The lowest BCUT2D eigenvalue weighted by molar-refractivity contribution is -0.404. The minimum Gasteiger partial charge on any atom is -0.394 e. The molecule has 36 N–H and O–H groups in total. The predicted octanol–water partition coefficient (Wildman–Crippen LogP) is -25.0. The van der Waals surface area contributed by atoms with E-state index in [1.54, 1.807) is 0 Å². The molecule has 0 unspecified atom stereocenters. The van der Waals surface area contributed by atoms with E-state index in [4.69, 9.17) is 110 Å². The first-order valence-electron chi connectivity index (χ1n) is 39.9. The van der Waals surface area contributed by atoms with Crippen LogP contribution in [0.25, 0.3) is 0 Å². The van der Waals surface area contributed by atoms with Crippen molar-refractivity contribution in [2.45, 2.75) is 338 Å². The molecule has 11 aliphatic rings. The molecular formula is C68H117NO56. The lowest BCUT2D eigenvalue weighted by Gasteiger charge is -2.50. The van der Waals surface area contributed by atoms with Crippen molar-refractivity contribution >= 4 is 0 Å². The maximum atomic E-state index is 12.5. The van der Waals surface area contributed by atoms with Gasteiger partial charge in [0.2, 0.25) is 0 Å². The molecule has 0 bridgehead atoms. The molecule has 57 heteroatoms. The van der Waals surface area contributed by atoms with E-state index in [-0.39, 0.29) is 13.2 Å². The van der Waals surface area contributed by atoms with Gasteiger partial charge < -0.3 is 284 Å². The van der Waals surface area contributed by atoms with Gasteiger partial charge in [-0.25, -0.2) is 0 Å². The largest absolute Gasteiger partial charge is 0.394 e. The summed E-state index contributed by atoms with van der Waals surface area (Å²) >= 11 is 0. The Balaban J connectivity index is 0.849. The van der Waals surface area contributed by atoms with Gasteiger partial charge in [-0.15, -0.1) is 0 Å². The van der Waals surface area contributed by atoms with Crippen molar-refractivity contribution in [3.8, 4) is 0 Å². The highest BCUT2D eigenvalue weighted by Crippen LogP contribution is 2.42. The molecule has 0 amide bonds. The van der Waals surface area contributed by atoms with Crippen LogP contribution in [0.4, 0.5) is 0 Å². The average Bonchev–Trinajstić information content (AvgIpc) is 0.762. The SMILES string of the molecule is NCCO[C@@H]1O[C@H](CO)[C@@H](O)[C@H](O[C@@H]2O[C@H](CO)[C@@H](O)[C@H](O[C@@H]3O[C@H](CO)[C@@H](O)[C@H](O[C@@H]4O[C@H](CO)[C@@H](O)[C@H](O[C@@H]5O[C@H](CO[C@@H]6O[C@H](CO)[C@@H](O)[C@H](O[C@@H]7O[C@H](CO)[C@@H](O)[C@H](O)[C@H]7O)[C@H]6O)[C@@H](O)[C@H](O[C@@H]6O[C@H](CO)[C@@H](O)[C@H](O[C@@H]7O[C@H](CO)[C@@H](O)[C@H](O[C@@H]8O[C@H](CO)[C@@H](O)[C@H](O[C@@H]9O[C@H](CO)[C@@H](O)[C@H](O)[C@H]9O)[C@H]8O)[C@H]7O)[C@H]6O)[C@H]5O)[C@H]4O)[C@H]3O)[C@H]2O)[C@H]1O. The van der Waals surface area contributed by atoms with Crippen LogP contribution in [0.3, 0.4) is 0 Å². The summed E-state index contributed by atoms with van der Waals surface area (Å²) in [6.45, 7) is -12.6. The summed E-state index contributed by atoms with van der Waals surface area (Å²) in [6.07, 6.45) is -119. The smallest absolute Gasteiger partial charge is 0.187 e. The second kappa shape index (κ2) is 45.4.